The Labute approximate surface area is 120 Å². The van der Waals surface area contributed by atoms with Gasteiger partial charge >= 0.3 is 0 Å². The second-order valence-corrected chi connectivity index (χ2v) is 5.07. The van der Waals surface area contributed by atoms with Crippen molar-refractivity contribution < 1.29 is 9.53 Å². The van der Waals surface area contributed by atoms with Gasteiger partial charge in [-0.3, -0.25) is 4.79 Å². The van der Waals surface area contributed by atoms with Crippen LogP contribution in [0.25, 0.3) is 0 Å². The van der Waals surface area contributed by atoms with E-state index in [9.17, 15) is 4.79 Å². The van der Waals surface area contributed by atoms with Gasteiger partial charge in [-0.1, -0.05) is 18.7 Å². The van der Waals surface area contributed by atoms with Crippen LogP contribution in [0.3, 0.4) is 0 Å². The molecule has 4 heteroatoms. The van der Waals surface area contributed by atoms with Crippen LogP contribution in [0.2, 0.25) is 0 Å². The van der Waals surface area contributed by atoms with Crippen molar-refractivity contribution in [2.24, 2.45) is 5.92 Å². The third-order valence-corrected chi connectivity index (χ3v) is 3.43. The Hall–Kier alpha value is -1.81. The molecule has 1 amide bonds. The number of nitrogens with one attached hydrogen (secondary N) is 2. The first kappa shape index (κ1) is 14.6. The van der Waals surface area contributed by atoms with E-state index in [4.69, 9.17) is 4.74 Å². The van der Waals surface area contributed by atoms with Crippen molar-refractivity contribution in [1.29, 1.82) is 0 Å². The smallest absolute Gasteiger partial charge is 0.224 e. The lowest BCUT2D eigenvalue weighted by atomic mass is 10.0. The number of ether oxygens (including phenoxy) is 1. The summed E-state index contributed by atoms with van der Waals surface area (Å²) >= 11 is 0. The Kier molecular flexibility index (Phi) is 5.62. The van der Waals surface area contributed by atoms with Crippen LogP contribution in [0.4, 0.5) is 5.69 Å². The van der Waals surface area contributed by atoms with Crippen LogP contribution in [0.15, 0.2) is 36.9 Å². The topological polar surface area (TPSA) is 50.4 Å². The molecule has 1 atom stereocenters. The summed E-state index contributed by atoms with van der Waals surface area (Å²) in [6.45, 7) is 6.19. The molecule has 1 unspecified atom stereocenters. The Morgan fingerprint density at radius 2 is 2.45 bits per heavy atom. The van der Waals surface area contributed by atoms with Crippen LogP contribution >= 0.6 is 0 Å². The highest BCUT2D eigenvalue weighted by Crippen LogP contribution is 2.19. The van der Waals surface area contributed by atoms with Crippen LogP contribution in [-0.4, -0.2) is 25.6 Å². The molecule has 0 aliphatic carbocycles. The molecule has 1 aliphatic heterocycles. The average molecular weight is 274 g/mol. The molecule has 1 saturated heterocycles. The summed E-state index contributed by atoms with van der Waals surface area (Å²) in [7, 11) is 0. The van der Waals surface area contributed by atoms with Crippen molar-refractivity contribution in [1.82, 2.24) is 5.32 Å². The number of hydrogen-bond donors (Lipinski definition) is 2. The molecule has 2 N–H and O–H groups in total. The van der Waals surface area contributed by atoms with Gasteiger partial charge in [-0.25, -0.2) is 0 Å². The normalized spacial score (nSPS) is 17.7. The van der Waals surface area contributed by atoms with Gasteiger partial charge < -0.3 is 15.4 Å². The average Bonchev–Trinajstić information content (AvgIpc) is 2.97. The molecule has 20 heavy (non-hydrogen) atoms. The maximum Gasteiger partial charge on any atom is 0.224 e. The number of carbonyl (C=O) groups excluding carboxylic acids is 1. The molecule has 0 saturated carbocycles. The Bertz CT molecular complexity index is 454. The van der Waals surface area contributed by atoms with Crippen molar-refractivity contribution in [3.63, 3.8) is 0 Å². The Balaban J connectivity index is 1.79. The van der Waals surface area contributed by atoms with Crippen LogP contribution in [-0.2, 0) is 4.79 Å². The molecule has 1 aliphatic rings. The molecule has 108 valence electrons. The van der Waals surface area contributed by atoms with Gasteiger partial charge in [0.1, 0.15) is 12.4 Å². The molecule has 4 nitrogen and oxygen atoms in total. The van der Waals surface area contributed by atoms with E-state index in [1.807, 2.05) is 24.3 Å². The molecule has 1 heterocycles. The van der Waals surface area contributed by atoms with E-state index in [0.717, 1.165) is 30.9 Å². The highest BCUT2D eigenvalue weighted by Gasteiger charge is 2.15. The van der Waals surface area contributed by atoms with Crippen molar-refractivity contribution in [2.75, 3.05) is 25.0 Å². The molecule has 0 bridgehead atoms. The Morgan fingerprint density at radius 1 is 1.55 bits per heavy atom. The molecule has 1 aromatic rings. The second kappa shape index (κ2) is 7.70. The fraction of sp³-hybridized carbons (Fsp3) is 0.438. The van der Waals surface area contributed by atoms with Gasteiger partial charge in [0.25, 0.3) is 0 Å². The van der Waals surface area contributed by atoms with Crippen LogP contribution in [0.5, 0.6) is 5.75 Å². The lowest BCUT2D eigenvalue weighted by Crippen LogP contribution is -2.15. The third-order valence-electron chi connectivity index (χ3n) is 3.43. The fourth-order valence-electron chi connectivity index (χ4n) is 2.34. The minimum absolute atomic E-state index is 0.0674. The maximum absolute atomic E-state index is 11.9. The first-order chi connectivity index (χ1) is 9.78. The van der Waals surface area contributed by atoms with Gasteiger partial charge in [0.2, 0.25) is 5.91 Å². The predicted octanol–water partition coefficient (Wildman–Crippen LogP) is 2.58. The predicted molar refractivity (Wildman–Crippen MR) is 81.0 cm³/mol. The summed E-state index contributed by atoms with van der Waals surface area (Å²) in [5.41, 5.74) is 0.779. The number of carbonyl (C=O) groups is 1. The zero-order valence-corrected chi connectivity index (χ0v) is 11.7. The van der Waals surface area contributed by atoms with E-state index in [2.05, 4.69) is 17.2 Å². The van der Waals surface area contributed by atoms with Crippen LogP contribution in [0.1, 0.15) is 19.3 Å². The first-order valence-electron chi connectivity index (χ1n) is 7.12. The fourth-order valence-corrected chi connectivity index (χ4v) is 2.34. The van der Waals surface area contributed by atoms with E-state index in [1.165, 1.54) is 6.42 Å². The molecule has 0 spiro atoms. The molecular weight excluding hydrogens is 252 g/mol. The number of rotatable bonds is 7. The van der Waals surface area contributed by atoms with E-state index < -0.39 is 0 Å². The van der Waals surface area contributed by atoms with Gasteiger partial charge in [-0.05, 0) is 44.0 Å². The number of hydrogen-bond acceptors (Lipinski definition) is 3. The van der Waals surface area contributed by atoms with Crippen molar-refractivity contribution in [3.8, 4) is 5.75 Å². The van der Waals surface area contributed by atoms with E-state index in [1.54, 1.807) is 6.08 Å². The summed E-state index contributed by atoms with van der Waals surface area (Å²) in [6, 6.07) is 7.44. The molecule has 0 aromatic heterocycles. The lowest BCUT2D eigenvalue weighted by Gasteiger charge is -2.10. The molecular formula is C16H22N2O2. The zero-order chi connectivity index (χ0) is 14.2. The standard InChI is InChI=1S/C16H22N2O2/c1-2-10-20-15-5-3-4-14(11-15)18-16(19)7-6-13-8-9-17-12-13/h2-5,11,13,17H,1,6-10,12H2,(H,18,19). The quantitative estimate of drug-likeness (QED) is 0.751. The minimum Gasteiger partial charge on any atom is -0.489 e. The molecule has 2 rings (SSSR count). The summed E-state index contributed by atoms with van der Waals surface area (Å²) < 4.78 is 5.44. The van der Waals surface area contributed by atoms with Gasteiger partial charge in [0.05, 0.1) is 0 Å². The first-order valence-corrected chi connectivity index (χ1v) is 7.12. The minimum atomic E-state index is 0.0674. The van der Waals surface area contributed by atoms with Crippen molar-refractivity contribution in [2.45, 2.75) is 19.3 Å². The Morgan fingerprint density at radius 3 is 3.20 bits per heavy atom. The summed E-state index contributed by atoms with van der Waals surface area (Å²) in [6.07, 6.45) is 4.40. The van der Waals surface area contributed by atoms with E-state index in [-0.39, 0.29) is 5.91 Å². The molecule has 1 aromatic carbocycles. The number of anilines is 1. The van der Waals surface area contributed by atoms with Crippen LogP contribution in [0, 0.1) is 5.92 Å². The summed E-state index contributed by atoms with van der Waals surface area (Å²) in [5, 5.41) is 6.23. The van der Waals surface area contributed by atoms with E-state index in [0.29, 0.717) is 18.9 Å². The third kappa shape index (κ3) is 4.70. The van der Waals surface area contributed by atoms with Gasteiger partial charge in [0.15, 0.2) is 0 Å². The highest BCUT2D eigenvalue weighted by molar-refractivity contribution is 5.90. The largest absolute Gasteiger partial charge is 0.489 e. The van der Waals surface area contributed by atoms with Crippen LogP contribution < -0.4 is 15.4 Å². The van der Waals surface area contributed by atoms with Gasteiger partial charge in [-0.2, -0.15) is 0 Å². The zero-order valence-electron chi connectivity index (χ0n) is 11.7. The number of amides is 1. The van der Waals surface area contributed by atoms with Gasteiger partial charge in [0, 0.05) is 18.2 Å². The van der Waals surface area contributed by atoms with Crippen molar-refractivity contribution >= 4 is 11.6 Å². The second-order valence-electron chi connectivity index (χ2n) is 5.07. The summed E-state index contributed by atoms with van der Waals surface area (Å²) in [4.78, 5) is 11.9. The maximum atomic E-state index is 11.9. The van der Waals surface area contributed by atoms with Gasteiger partial charge in [-0.15, -0.1) is 0 Å². The van der Waals surface area contributed by atoms with Crippen molar-refractivity contribution in [3.05, 3.63) is 36.9 Å². The molecule has 0 radical (unpaired) electrons. The summed E-state index contributed by atoms with van der Waals surface area (Å²) in [5.74, 6) is 1.45. The SMILES string of the molecule is C=CCOc1cccc(NC(=O)CCC2CCNC2)c1. The highest BCUT2D eigenvalue weighted by atomic mass is 16.5. The monoisotopic (exact) mass is 274 g/mol. The molecule has 1 fully saturated rings. The number of benzene rings is 1. The lowest BCUT2D eigenvalue weighted by molar-refractivity contribution is -0.116. The van der Waals surface area contributed by atoms with E-state index >= 15 is 0 Å².